The van der Waals surface area contributed by atoms with Crippen molar-refractivity contribution in [1.29, 1.82) is 0 Å². The smallest absolute Gasteiger partial charge is 0.231 e. The molecule has 0 spiro atoms. The van der Waals surface area contributed by atoms with E-state index in [1.165, 1.54) is 25.7 Å². The normalized spacial score (nSPS) is 15.2. The highest BCUT2D eigenvalue weighted by Gasteiger charge is 2.19. The Morgan fingerprint density at radius 1 is 1.45 bits per heavy atom. The van der Waals surface area contributed by atoms with Crippen LogP contribution >= 0.6 is 11.6 Å². The standard InChI is InChI=1S/C16H19ClN4O/c1-10-6-7-18-13(16(10)17)9-15(22)19-14-8-12(20-21-14)11-4-2-3-5-11/h6-8,11H,2-5,9H2,1H3,(H2,19,20,21,22). The SMILES string of the molecule is Cc1ccnc(CC(=O)Nc2cc(C3CCCC3)[nH]n2)c1Cl. The number of rotatable bonds is 4. The van der Waals surface area contributed by atoms with Crippen molar-refractivity contribution < 1.29 is 4.79 Å². The van der Waals surface area contributed by atoms with Gasteiger partial charge in [-0.2, -0.15) is 5.10 Å². The first-order valence-electron chi connectivity index (χ1n) is 7.58. The fraction of sp³-hybridized carbons (Fsp3) is 0.438. The fourth-order valence-corrected chi connectivity index (χ4v) is 3.08. The van der Waals surface area contributed by atoms with Gasteiger partial charge in [0.25, 0.3) is 0 Å². The Balaban J connectivity index is 1.63. The van der Waals surface area contributed by atoms with E-state index in [9.17, 15) is 4.79 Å². The zero-order valence-corrected chi connectivity index (χ0v) is 13.3. The summed E-state index contributed by atoms with van der Waals surface area (Å²) >= 11 is 6.17. The summed E-state index contributed by atoms with van der Waals surface area (Å²) in [5.41, 5.74) is 2.62. The molecular weight excluding hydrogens is 300 g/mol. The van der Waals surface area contributed by atoms with Crippen LogP contribution < -0.4 is 5.32 Å². The predicted molar refractivity (Wildman–Crippen MR) is 86.1 cm³/mol. The number of anilines is 1. The lowest BCUT2D eigenvalue weighted by Crippen LogP contribution is -2.15. The average Bonchev–Trinajstić information content (AvgIpc) is 3.14. The summed E-state index contributed by atoms with van der Waals surface area (Å²) < 4.78 is 0. The van der Waals surface area contributed by atoms with Crippen LogP contribution in [0.15, 0.2) is 18.3 Å². The topological polar surface area (TPSA) is 70.7 Å². The molecule has 116 valence electrons. The van der Waals surface area contributed by atoms with Crippen molar-refractivity contribution in [3.63, 3.8) is 0 Å². The van der Waals surface area contributed by atoms with Crippen molar-refractivity contribution in [3.05, 3.63) is 40.3 Å². The third-order valence-electron chi connectivity index (χ3n) is 4.14. The van der Waals surface area contributed by atoms with E-state index in [-0.39, 0.29) is 12.3 Å². The van der Waals surface area contributed by atoms with Gasteiger partial charge in [0.05, 0.1) is 17.1 Å². The molecule has 3 rings (SSSR count). The Morgan fingerprint density at radius 2 is 2.23 bits per heavy atom. The first kappa shape index (κ1) is 15.0. The van der Waals surface area contributed by atoms with E-state index in [1.54, 1.807) is 6.20 Å². The molecule has 0 aliphatic heterocycles. The zero-order valence-electron chi connectivity index (χ0n) is 12.5. The van der Waals surface area contributed by atoms with Crippen LogP contribution in [0.2, 0.25) is 5.02 Å². The van der Waals surface area contributed by atoms with Crippen molar-refractivity contribution in [2.75, 3.05) is 5.32 Å². The number of pyridine rings is 1. The van der Waals surface area contributed by atoms with E-state index in [4.69, 9.17) is 11.6 Å². The lowest BCUT2D eigenvalue weighted by Gasteiger charge is -2.05. The zero-order chi connectivity index (χ0) is 15.5. The first-order chi connectivity index (χ1) is 10.6. The Bertz CT molecular complexity index is 677. The summed E-state index contributed by atoms with van der Waals surface area (Å²) in [4.78, 5) is 16.3. The van der Waals surface area contributed by atoms with Crippen molar-refractivity contribution in [2.24, 2.45) is 0 Å². The van der Waals surface area contributed by atoms with Crippen molar-refractivity contribution in [2.45, 2.75) is 44.9 Å². The van der Waals surface area contributed by atoms with Gasteiger partial charge < -0.3 is 5.32 Å². The van der Waals surface area contributed by atoms with Crippen LogP contribution in [0.25, 0.3) is 0 Å². The molecule has 2 aromatic rings. The lowest BCUT2D eigenvalue weighted by atomic mass is 10.0. The molecule has 0 bridgehead atoms. The molecule has 0 radical (unpaired) electrons. The summed E-state index contributed by atoms with van der Waals surface area (Å²) in [6.45, 7) is 1.90. The molecule has 1 aliphatic carbocycles. The van der Waals surface area contributed by atoms with Gasteiger partial charge in [-0.05, 0) is 31.4 Å². The predicted octanol–water partition coefficient (Wildman–Crippen LogP) is 3.61. The number of aromatic nitrogens is 3. The van der Waals surface area contributed by atoms with E-state index in [1.807, 2.05) is 19.1 Å². The Morgan fingerprint density at radius 3 is 3.00 bits per heavy atom. The molecule has 2 N–H and O–H groups in total. The van der Waals surface area contributed by atoms with Crippen LogP contribution in [0.4, 0.5) is 5.82 Å². The number of amides is 1. The molecule has 1 saturated carbocycles. The van der Waals surface area contributed by atoms with Crippen LogP contribution in [0.3, 0.4) is 0 Å². The Labute approximate surface area is 134 Å². The molecule has 22 heavy (non-hydrogen) atoms. The van der Waals surface area contributed by atoms with Crippen LogP contribution in [0, 0.1) is 6.92 Å². The highest BCUT2D eigenvalue weighted by molar-refractivity contribution is 6.32. The number of aromatic amines is 1. The number of carbonyl (C=O) groups excluding carboxylic acids is 1. The molecule has 1 amide bonds. The number of aryl methyl sites for hydroxylation is 1. The molecule has 0 atom stereocenters. The summed E-state index contributed by atoms with van der Waals surface area (Å²) in [6.07, 6.45) is 6.73. The number of hydrogen-bond acceptors (Lipinski definition) is 3. The molecular formula is C16H19ClN4O. The minimum Gasteiger partial charge on any atom is -0.309 e. The van der Waals surface area contributed by atoms with Crippen molar-refractivity contribution in [1.82, 2.24) is 15.2 Å². The number of nitrogens with zero attached hydrogens (tertiary/aromatic N) is 2. The quantitative estimate of drug-likeness (QED) is 0.904. The highest BCUT2D eigenvalue weighted by atomic mass is 35.5. The van der Waals surface area contributed by atoms with E-state index < -0.39 is 0 Å². The number of carbonyl (C=O) groups is 1. The van der Waals surface area contributed by atoms with E-state index in [2.05, 4.69) is 20.5 Å². The number of H-pyrrole nitrogens is 1. The minimum atomic E-state index is -0.163. The third-order valence-corrected chi connectivity index (χ3v) is 4.66. The molecule has 2 aromatic heterocycles. The van der Waals surface area contributed by atoms with Crippen LogP contribution in [0.5, 0.6) is 0 Å². The van der Waals surface area contributed by atoms with Gasteiger partial charge in [-0.1, -0.05) is 24.4 Å². The number of nitrogens with one attached hydrogen (secondary N) is 2. The Hall–Kier alpha value is -1.88. The van der Waals surface area contributed by atoms with Gasteiger partial charge in [0.15, 0.2) is 5.82 Å². The third kappa shape index (κ3) is 3.30. The van der Waals surface area contributed by atoms with Crippen molar-refractivity contribution in [3.8, 4) is 0 Å². The minimum absolute atomic E-state index is 0.145. The molecule has 1 fully saturated rings. The van der Waals surface area contributed by atoms with Gasteiger partial charge in [-0.25, -0.2) is 0 Å². The molecule has 1 aliphatic rings. The highest BCUT2D eigenvalue weighted by Crippen LogP contribution is 2.33. The number of hydrogen-bond donors (Lipinski definition) is 2. The maximum Gasteiger partial charge on any atom is 0.231 e. The van der Waals surface area contributed by atoms with Gasteiger partial charge >= 0.3 is 0 Å². The fourth-order valence-electron chi connectivity index (χ4n) is 2.91. The van der Waals surface area contributed by atoms with E-state index in [0.717, 1.165) is 11.3 Å². The van der Waals surface area contributed by atoms with Gasteiger partial charge in [0.1, 0.15) is 0 Å². The van der Waals surface area contributed by atoms with Crippen molar-refractivity contribution >= 4 is 23.3 Å². The van der Waals surface area contributed by atoms with Gasteiger partial charge in [-0.3, -0.25) is 14.9 Å². The second-order valence-corrected chi connectivity index (χ2v) is 6.18. The lowest BCUT2D eigenvalue weighted by molar-refractivity contribution is -0.115. The maximum absolute atomic E-state index is 12.1. The summed E-state index contributed by atoms with van der Waals surface area (Å²) in [6, 6.07) is 3.75. The molecule has 2 heterocycles. The maximum atomic E-state index is 12.1. The molecule has 6 heteroatoms. The van der Waals surface area contributed by atoms with E-state index in [0.29, 0.717) is 22.5 Å². The summed E-state index contributed by atoms with van der Waals surface area (Å²) in [7, 11) is 0. The van der Waals surface area contributed by atoms with Crippen LogP contribution in [0.1, 0.15) is 48.6 Å². The number of halogens is 1. The van der Waals surface area contributed by atoms with Crippen LogP contribution in [-0.4, -0.2) is 21.1 Å². The van der Waals surface area contributed by atoms with Gasteiger partial charge in [0.2, 0.25) is 5.91 Å². The average molecular weight is 319 g/mol. The Kier molecular flexibility index (Phi) is 4.43. The second-order valence-electron chi connectivity index (χ2n) is 5.80. The molecule has 5 nitrogen and oxygen atoms in total. The summed E-state index contributed by atoms with van der Waals surface area (Å²) in [5, 5.41) is 10.6. The largest absolute Gasteiger partial charge is 0.309 e. The van der Waals surface area contributed by atoms with Gasteiger partial charge in [-0.15, -0.1) is 0 Å². The second kappa shape index (κ2) is 6.48. The molecule has 0 saturated heterocycles. The first-order valence-corrected chi connectivity index (χ1v) is 7.96. The van der Waals surface area contributed by atoms with E-state index >= 15 is 0 Å². The monoisotopic (exact) mass is 318 g/mol. The summed E-state index contributed by atoms with van der Waals surface area (Å²) in [5.74, 6) is 0.950. The molecule has 0 aromatic carbocycles. The van der Waals surface area contributed by atoms with Gasteiger partial charge in [0, 0.05) is 23.9 Å². The van der Waals surface area contributed by atoms with Crippen LogP contribution in [-0.2, 0) is 11.2 Å². The molecule has 0 unspecified atom stereocenters.